The summed E-state index contributed by atoms with van der Waals surface area (Å²) in [6, 6.07) is 5.43. The zero-order valence-electron chi connectivity index (χ0n) is 12.0. The van der Waals surface area contributed by atoms with E-state index in [0.717, 1.165) is 24.0 Å². The molecule has 0 heterocycles. The van der Waals surface area contributed by atoms with E-state index < -0.39 is 11.5 Å². The summed E-state index contributed by atoms with van der Waals surface area (Å²) >= 11 is 0. The van der Waals surface area contributed by atoms with Gasteiger partial charge in [0.2, 0.25) is 5.91 Å². The second-order valence-corrected chi connectivity index (χ2v) is 5.04. The van der Waals surface area contributed by atoms with Crippen LogP contribution in [0, 0.1) is 6.92 Å². The van der Waals surface area contributed by atoms with Gasteiger partial charge in [0.05, 0.1) is 5.60 Å². The molecule has 106 valence electrons. The van der Waals surface area contributed by atoms with E-state index >= 15 is 0 Å². The minimum absolute atomic E-state index is 0.408. The molecule has 0 fully saturated rings. The van der Waals surface area contributed by atoms with Crippen molar-refractivity contribution in [3.05, 3.63) is 34.9 Å². The number of primary amides is 1. The number of nitrogens with two attached hydrogens (primary N) is 1. The van der Waals surface area contributed by atoms with E-state index in [1.165, 1.54) is 0 Å². The third-order valence-corrected chi connectivity index (χ3v) is 3.71. The number of rotatable bonds is 7. The van der Waals surface area contributed by atoms with Gasteiger partial charge in [0.1, 0.15) is 0 Å². The number of hydrogen-bond donors (Lipinski definition) is 3. The van der Waals surface area contributed by atoms with Crippen molar-refractivity contribution >= 4 is 5.91 Å². The number of nitrogens with one attached hydrogen (secondary N) is 1. The van der Waals surface area contributed by atoms with Gasteiger partial charge in [0.25, 0.3) is 0 Å². The van der Waals surface area contributed by atoms with Crippen molar-refractivity contribution < 1.29 is 9.90 Å². The molecular weight excluding hydrogens is 240 g/mol. The molecule has 19 heavy (non-hydrogen) atoms. The summed E-state index contributed by atoms with van der Waals surface area (Å²) in [5, 5.41) is 13.4. The van der Waals surface area contributed by atoms with E-state index in [1.807, 2.05) is 26.8 Å². The van der Waals surface area contributed by atoms with E-state index in [2.05, 4.69) is 5.32 Å². The standard InChI is InChI=1S/C15H24N2O2/c1-4-15(19,5-2)10-17-9-13-7-6-12(14(16)18)8-11(13)3/h6-8,17,19H,4-5,9-10H2,1-3H3,(H2,16,18). The molecule has 4 heteroatoms. The number of carbonyl (C=O) groups is 1. The Morgan fingerprint density at radius 3 is 2.47 bits per heavy atom. The van der Waals surface area contributed by atoms with Crippen LogP contribution in [0.25, 0.3) is 0 Å². The molecule has 0 radical (unpaired) electrons. The minimum atomic E-state index is -0.638. The smallest absolute Gasteiger partial charge is 0.248 e. The molecule has 0 aromatic heterocycles. The van der Waals surface area contributed by atoms with Gasteiger partial charge < -0.3 is 16.2 Å². The lowest BCUT2D eigenvalue weighted by atomic mass is 9.97. The molecule has 0 saturated carbocycles. The fourth-order valence-corrected chi connectivity index (χ4v) is 1.98. The molecule has 0 aliphatic heterocycles. The molecule has 0 unspecified atom stereocenters. The molecule has 1 aromatic rings. The molecular formula is C15H24N2O2. The van der Waals surface area contributed by atoms with Crippen molar-refractivity contribution in [1.82, 2.24) is 5.32 Å². The number of amides is 1. The van der Waals surface area contributed by atoms with Crippen LogP contribution in [0.3, 0.4) is 0 Å². The molecule has 1 aromatic carbocycles. The van der Waals surface area contributed by atoms with Crippen molar-refractivity contribution in [3.63, 3.8) is 0 Å². The molecule has 0 saturated heterocycles. The fourth-order valence-electron chi connectivity index (χ4n) is 1.98. The van der Waals surface area contributed by atoms with Crippen LogP contribution in [-0.2, 0) is 6.54 Å². The molecule has 0 aliphatic carbocycles. The lowest BCUT2D eigenvalue weighted by Gasteiger charge is -2.25. The SMILES string of the molecule is CCC(O)(CC)CNCc1ccc(C(N)=O)cc1C. The van der Waals surface area contributed by atoms with Crippen molar-refractivity contribution in [2.75, 3.05) is 6.54 Å². The van der Waals surface area contributed by atoms with Gasteiger partial charge in [-0.25, -0.2) is 0 Å². The molecule has 0 spiro atoms. The summed E-state index contributed by atoms with van der Waals surface area (Å²) in [5.41, 5.74) is 7.27. The first-order valence-electron chi connectivity index (χ1n) is 6.74. The van der Waals surface area contributed by atoms with Crippen molar-refractivity contribution in [2.45, 2.75) is 45.8 Å². The highest BCUT2D eigenvalue weighted by atomic mass is 16.3. The molecule has 4 nitrogen and oxygen atoms in total. The van der Waals surface area contributed by atoms with Crippen LogP contribution >= 0.6 is 0 Å². The Morgan fingerprint density at radius 2 is 2.00 bits per heavy atom. The number of aryl methyl sites for hydroxylation is 1. The second kappa shape index (κ2) is 6.68. The Labute approximate surface area is 115 Å². The monoisotopic (exact) mass is 264 g/mol. The summed E-state index contributed by atoms with van der Waals surface area (Å²) in [5.74, 6) is -0.408. The van der Waals surface area contributed by atoms with Crippen LogP contribution < -0.4 is 11.1 Å². The van der Waals surface area contributed by atoms with Gasteiger partial charge in [-0.05, 0) is 43.0 Å². The number of hydrogen-bond acceptors (Lipinski definition) is 3. The van der Waals surface area contributed by atoms with E-state index in [9.17, 15) is 9.90 Å². The largest absolute Gasteiger partial charge is 0.389 e. The molecule has 0 bridgehead atoms. The molecule has 1 amide bonds. The van der Waals surface area contributed by atoms with Crippen LogP contribution in [0.5, 0.6) is 0 Å². The number of aliphatic hydroxyl groups is 1. The summed E-state index contributed by atoms with van der Waals surface area (Å²) in [6.07, 6.45) is 1.46. The van der Waals surface area contributed by atoms with Gasteiger partial charge in [-0.15, -0.1) is 0 Å². The van der Waals surface area contributed by atoms with Crippen molar-refractivity contribution in [3.8, 4) is 0 Å². The van der Waals surface area contributed by atoms with E-state index in [-0.39, 0.29) is 0 Å². The van der Waals surface area contributed by atoms with Crippen LogP contribution in [0.2, 0.25) is 0 Å². The summed E-state index contributed by atoms with van der Waals surface area (Å²) in [7, 11) is 0. The third-order valence-electron chi connectivity index (χ3n) is 3.71. The maximum Gasteiger partial charge on any atom is 0.248 e. The average Bonchev–Trinajstić information content (AvgIpc) is 2.40. The van der Waals surface area contributed by atoms with Gasteiger partial charge in [0.15, 0.2) is 0 Å². The molecule has 0 atom stereocenters. The lowest BCUT2D eigenvalue weighted by Crippen LogP contribution is -2.39. The van der Waals surface area contributed by atoms with Gasteiger partial charge in [-0.3, -0.25) is 4.79 Å². The Hall–Kier alpha value is -1.39. The second-order valence-electron chi connectivity index (χ2n) is 5.04. The zero-order valence-corrected chi connectivity index (χ0v) is 12.0. The Morgan fingerprint density at radius 1 is 1.37 bits per heavy atom. The third kappa shape index (κ3) is 4.33. The van der Waals surface area contributed by atoms with Crippen LogP contribution in [0.1, 0.15) is 48.2 Å². The highest BCUT2D eigenvalue weighted by Gasteiger charge is 2.21. The fraction of sp³-hybridized carbons (Fsp3) is 0.533. The van der Waals surface area contributed by atoms with E-state index in [4.69, 9.17) is 5.73 Å². The van der Waals surface area contributed by atoms with Gasteiger partial charge in [-0.1, -0.05) is 19.9 Å². The van der Waals surface area contributed by atoms with Crippen molar-refractivity contribution in [1.29, 1.82) is 0 Å². The van der Waals surface area contributed by atoms with Crippen LogP contribution in [0.15, 0.2) is 18.2 Å². The maximum atomic E-state index is 11.1. The predicted octanol–water partition coefficient (Wildman–Crippen LogP) is 1.73. The predicted molar refractivity (Wildman–Crippen MR) is 76.9 cm³/mol. The molecule has 0 aliphatic rings. The summed E-state index contributed by atoms with van der Waals surface area (Å²) in [4.78, 5) is 11.1. The summed E-state index contributed by atoms with van der Waals surface area (Å²) in [6.45, 7) is 7.16. The highest BCUT2D eigenvalue weighted by Crippen LogP contribution is 2.14. The highest BCUT2D eigenvalue weighted by molar-refractivity contribution is 5.93. The van der Waals surface area contributed by atoms with E-state index in [0.29, 0.717) is 18.7 Å². The lowest BCUT2D eigenvalue weighted by molar-refractivity contribution is 0.0323. The van der Waals surface area contributed by atoms with Gasteiger partial charge in [0, 0.05) is 18.7 Å². The quantitative estimate of drug-likeness (QED) is 0.702. The first kappa shape index (κ1) is 15.7. The Balaban J connectivity index is 2.61. The van der Waals surface area contributed by atoms with Crippen LogP contribution in [-0.4, -0.2) is 23.2 Å². The normalized spacial score (nSPS) is 11.6. The number of benzene rings is 1. The molecule has 4 N–H and O–H groups in total. The maximum absolute atomic E-state index is 11.1. The average molecular weight is 264 g/mol. The molecule has 1 rings (SSSR count). The van der Waals surface area contributed by atoms with E-state index in [1.54, 1.807) is 12.1 Å². The zero-order chi connectivity index (χ0) is 14.5. The topological polar surface area (TPSA) is 75.3 Å². The Bertz CT molecular complexity index is 440. The van der Waals surface area contributed by atoms with Gasteiger partial charge >= 0.3 is 0 Å². The number of carbonyl (C=O) groups excluding carboxylic acids is 1. The van der Waals surface area contributed by atoms with Crippen molar-refractivity contribution in [2.24, 2.45) is 5.73 Å². The first-order chi connectivity index (χ1) is 8.91. The minimum Gasteiger partial charge on any atom is -0.389 e. The first-order valence-corrected chi connectivity index (χ1v) is 6.74. The Kier molecular flexibility index (Phi) is 5.51. The van der Waals surface area contributed by atoms with Gasteiger partial charge in [-0.2, -0.15) is 0 Å². The summed E-state index contributed by atoms with van der Waals surface area (Å²) < 4.78 is 0. The van der Waals surface area contributed by atoms with Crippen LogP contribution in [0.4, 0.5) is 0 Å².